The van der Waals surface area contributed by atoms with Crippen molar-refractivity contribution in [1.29, 1.82) is 5.26 Å². The second kappa shape index (κ2) is 4.42. The van der Waals surface area contributed by atoms with Crippen LogP contribution in [0.3, 0.4) is 0 Å². The van der Waals surface area contributed by atoms with Gasteiger partial charge in [-0.15, -0.1) is 0 Å². The normalized spacial score (nSPS) is 11.8. The number of nitrogens with one attached hydrogen (secondary N) is 2. The van der Waals surface area contributed by atoms with E-state index in [1.807, 2.05) is 6.07 Å². The predicted octanol–water partition coefficient (Wildman–Crippen LogP) is 0.750. The van der Waals surface area contributed by atoms with Crippen molar-refractivity contribution >= 4 is 5.91 Å². The number of rotatable bonds is 3. The summed E-state index contributed by atoms with van der Waals surface area (Å²) in [6.07, 6.45) is 1.78. The van der Waals surface area contributed by atoms with Gasteiger partial charge < -0.3 is 5.32 Å². The molecular weight excluding hydrogens is 180 g/mol. The molecule has 5 nitrogen and oxygen atoms in total. The van der Waals surface area contributed by atoms with Crippen LogP contribution >= 0.6 is 0 Å². The standard InChI is InChI=1S/C9H12N4O/c1-6(3-4-10)12-9(14)8-5-11-13-7(8)2/h5-6H,3H2,1-2H3,(H,11,13)(H,12,14). The Balaban J connectivity index is 2.60. The lowest BCUT2D eigenvalue weighted by Gasteiger charge is -2.09. The maximum atomic E-state index is 11.5. The molecule has 0 saturated heterocycles. The first kappa shape index (κ1) is 10.3. The van der Waals surface area contributed by atoms with Crippen molar-refractivity contribution in [1.82, 2.24) is 15.5 Å². The number of hydrogen-bond donors (Lipinski definition) is 2. The molecule has 1 aromatic rings. The van der Waals surface area contributed by atoms with Gasteiger partial charge in [0, 0.05) is 11.7 Å². The van der Waals surface area contributed by atoms with E-state index in [4.69, 9.17) is 5.26 Å². The van der Waals surface area contributed by atoms with Gasteiger partial charge >= 0.3 is 0 Å². The van der Waals surface area contributed by atoms with E-state index >= 15 is 0 Å². The third-order valence-corrected chi connectivity index (χ3v) is 1.85. The van der Waals surface area contributed by atoms with Gasteiger partial charge in [0.2, 0.25) is 0 Å². The van der Waals surface area contributed by atoms with Crippen LogP contribution < -0.4 is 5.32 Å². The first-order valence-corrected chi connectivity index (χ1v) is 4.33. The molecule has 0 aliphatic carbocycles. The predicted molar refractivity (Wildman–Crippen MR) is 50.5 cm³/mol. The zero-order chi connectivity index (χ0) is 10.6. The largest absolute Gasteiger partial charge is 0.348 e. The highest BCUT2D eigenvalue weighted by Gasteiger charge is 2.12. The molecule has 0 spiro atoms. The van der Waals surface area contributed by atoms with Crippen LogP contribution in [-0.2, 0) is 0 Å². The summed E-state index contributed by atoms with van der Waals surface area (Å²) in [5, 5.41) is 17.5. The quantitative estimate of drug-likeness (QED) is 0.741. The first-order valence-electron chi connectivity index (χ1n) is 4.33. The molecule has 0 radical (unpaired) electrons. The van der Waals surface area contributed by atoms with Crippen molar-refractivity contribution in [3.05, 3.63) is 17.5 Å². The minimum Gasteiger partial charge on any atom is -0.348 e. The fourth-order valence-electron chi connectivity index (χ4n) is 1.07. The Kier molecular flexibility index (Phi) is 3.24. The van der Waals surface area contributed by atoms with Gasteiger partial charge in [-0.3, -0.25) is 9.89 Å². The maximum Gasteiger partial charge on any atom is 0.254 e. The number of aryl methyl sites for hydroxylation is 1. The van der Waals surface area contributed by atoms with Crippen molar-refractivity contribution in [3.63, 3.8) is 0 Å². The molecule has 2 N–H and O–H groups in total. The molecule has 0 fully saturated rings. The number of carbonyl (C=O) groups excluding carboxylic acids is 1. The second-order valence-corrected chi connectivity index (χ2v) is 3.15. The number of nitrogens with zero attached hydrogens (tertiary/aromatic N) is 2. The lowest BCUT2D eigenvalue weighted by atomic mass is 10.2. The van der Waals surface area contributed by atoms with E-state index in [-0.39, 0.29) is 11.9 Å². The second-order valence-electron chi connectivity index (χ2n) is 3.15. The Morgan fingerprint density at radius 3 is 3.07 bits per heavy atom. The van der Waals surface area contributed by atoms with Gasteiger partial charge in [-0.25, -0.2) is 0 Å². The molecule has 0 aliphatic heterocycles. The SMILES string of the molecule is Cc1[nH]ncc1C(=O)NC(C)CC#N. The van der Waals surface area contributed by atoms with Crippen molar-refractivity contribution in [3.8, 4) is 6.07 Å². The molecule has 1 aromatic heterocycles. The van der Waals surface area contributed by atoms with Crippen molar-refractivity contribution in [2.75, 3.05) is 0 Å². The van der Waals surface area contributed by atoms with Crippen LogP contribution in [0.4, 0.5) is 0 Å². The Morgan fingerprint density at radius 1 is 1.86 bits per heavy atom. The molecule has 0 bridgehead atoms. The number of H-pyrrole nitrogens is 1. The van der Waals surface area contributed by atoms with Crippen molar-refractivity contribution in [2.24, 2.45) is 0 Å². The molecule has 74 valence electrons. The van der Waals surface area contributed by atoms with Crippen LogP contribution in [-0.4, -0.2) is 22.1 Å². The van der Waals surface area contributed by atoms with E-state index in [9.17, 15) is 4.79 Å². The Bertz CT molecular complexity index is 363. The fourth-order valence-corrected chi connectivity index (χ4v) is 1.07. The average Bonchev–Trinajstić information content (AvgIpc) is 2.51. The Hall–Kier alpha value is -1.83. The van der Waals surface area contributed by atoms with Crippen LogP contribution in [0, 0.1) is 18.3 Å². The van der Waals surface area contributed by atoms with E-state index in [0.29, 0.717) is 12.0 Å². The third kappa shape index (κ3) is 2.33. The van der Waals surface area contributed by atoms with Crippen molar-refractivity contribution in [2.45, 2.75) is 26.3 Å². The van der Waals surface area contributed by atoms with Gasteiger partial charge in [0.15, 0.2) is 0 Å². The monoisotopic (exact) mass is 192 g/mol. The summed E-state index contributed by atoms with van der Waals surface area (Å²) in [5.74, 6) is -0.195. The summed E-state index contributed by atoms with van der Waals surface area (Å²) in [7, 11) is 0. The molecule has 1 heterocycles. The third-order valence-electron chi connectivity index (χ3n) is 1.85. The Morgan fingerprint density at radius 2 is 2.57 bits per heavy atom. The molecule has 1 unspecified atom stereocenters. The molecule has 1 rings (SSSR count). The molecule has 14 heavy (non-hydrogen) atoms. The lowest BCUT2D eigenvalue weighted by Crippen LogP contribution is -2.32. The van der Waals surface area contributed by atoms with E-state index in [1.54, 1.807) is 13.8 Å². The van der Waals surface area contributed by atoms with E-state index < -0.39 is 0 Å². The van der Waals surface area contributed by atoms with E-state index in [0.717, 1.165) is 5.69 Å². The molecular formula is C9H12N4O. The summed E-state index contributed by atoms with van der Waals surface area (Å²) in [6.45, 7) is 3.56. The van der Waals surface area contributed by atoms with Crippen LogP contribution in [0.25, 0.3) is 0 Å². The molecule has 0 aliphatic rings. The van der Waals surface area contributed by atoms with Gasteiger partial charge in [0.05, 0.1) is 24.3 Å². The zero-order valence-corrected chi connectivity index (χ0v) is 8.16. The zero-order valence-electron chi connectivity index (χ0n) is 8.16. The summed E-state index contributed by atoms with van der Waals surface area (Å²) in [4.78, 5) is 11.5. The van der Waals surface area contributed by atoms with Gasteiger partial charge in [-0.1, -0.05) is 0 Å². The van der Waals surface area contributed by atoms with Crippen LogP contribution in [0.1, 0.15) is 29.4 Å². The van der Waals surface area contributed by atoms with Gasteiger partial charge in [-0.05, 0) is 13.8 Å². The number of aromatic nitrogens is 2. The maximum absolute atomic E-state index is 11.5. The first-order chi connectivity index (χ1) is 6.65. The number of carbonyl (C=O) groups is 1. The topological polar surface area (TPSA) is 81.6 Å². The summed E-state index contributed by atoms with van der Waals surface area (Å²) in [6, 6.07) is 1.86. The Labute approximate surface area is 82.1 Å². The molecule has 1 amide bonds. The number of hydrogen-bond acceptors (Lipinski definition) is 3. The number of aromatic amines is 1. The average molecular weight is 192 g/mol. The summed E-state index contributed by atoms with van der Waals surface area (Å²) in [5.41, 5.74) is 1.25. The number of nitriles is 1. The lowest BCUT2D eigenvalue weighted by molar-refractivity contribution is 0.0940. The van der Waals surface area contributed by atoms with Crippen LogP contribution in [0.2, 0.25) is 0 Å². The van der Waals surface area contributed by atoms with E-state index in [2.05, 4.69) is 15.5 Å². The molecule has 0 saturated carbocycles. The summed E-state index contributed by atoms with van der Waals surface area (Å²) >= 11 is 0. The number of amides is 1. The van der Waals surface area contributed by atoms with Gasteiger partial charge in [0.1, 0.15) is 0 Å². The molecule has 1 atom stereocenters. The highest BCUT2D eigenvalue weighted by molar-refractivity contribution is 5.95. The highest BCUT2D eigenvalue weighted by atomic mass is 16.1. The summed E-state index contributed by atoms with van der Waals surface area (Å²) < 4.78 is 0. The fraction of sp³-hybridized carbons (Fsp3) is 0.444. The highest BCUT2D eigenvalue weighted by Crippen LogP contribution is 2.02. The minimum atomic E-state index is -0.195. The molecule has 0 aromatic carbocycles. The van der Waals surface area contributed by atoms with Crippen molar-refractivity contribution < 1.29 is 4.79 Å². The van der Waals surface area contributed by atoms with Gasteiger partial charge in [-0.2, -0.15) is 10.4 Å². The van der Waals surface area contributed by atoms with Gasteiger partial charge in [0.25, 0.3) is 5.91 Å². The minimum absolute atomic E-state index is 0.137. The molecule has 5 heteroatoms. The van der Waals surface area contributed by atoms with Crippen LogP contribution in [0.15, 0.2) is 6.20 Å². The van der Waals surface area contributed by atoms with E-state index in [1.165, 1.54) is 6.20 Å². The smallest absolute Gasteiger partial charge is 0.254 e. The van der Waals surface area contributed by atoms with Crippen LogP contribution in [0.5, 0.6) is 0 Å².